The fourth-order valence-electron chi connectivity index (χ4n) is 1.82. The predicted octanol–water partition coefficient (Wildman–Crippen LogP) is 2.51. The van der Waals surface area contributed by atoms with Crippen molar-refractivity contribution in [3.8, 4) is 11.8 Å². The summed E-state index contributed by atoms with van der Waals surface area (Å²) in [6.45, 7) is 0.0888. The Morgan fingerprint density at radius 2 is 2.10 bits per heavy atom. The Kier molecular flexibility index (Phi) is 4.42. The van der Waals surface area contributed by atoms with Crippen LogP contribution < -0.4 is 10.5 Å². The molecule has 0 saturated heterocycles. The normalized spacial score (nSPS) is 9.71. The summed E-state index contributed by atoms with van der Waals surface area (Å²) in [5, 5.41) is 8.82. The van der Waals surface area contributed by atoms with Crippen LogP contribution in [0.2, 0.25) is 0 Å². The Balaban J connectivity index is 2.08. The molecule has 0 radical (unpaired) electrons. The molecule has 106 valence electrons. The van der Waals surface area contributed by atoms with Crippen molar-refractivity contribution in [1.82, 2.24) is 0 Å². The minimum Gasteiger partial charge on any atom is -0.497 e. The average Bonchev–Trinajstić information content (AvgIpc) is 2.52. The van der Waals surface area contributed by atoms with E-state index in [4.69, 9.17) is 20.5 Å². The van der Waals surface area contributed by atoms with Gasteiger partial charge in [0, 0.05) is 11.8 Å². The number of nitrogens with two attached hydrogens (primary N) is 1. The molecule has 0 atom stereocenters. The molecule has 0 heterocycles. The Bertz CT molecular complexity index is 705. The molecule has 2 N–H and O–H groups in total. The van der Waals surface area contributed by atoms with Gasteiger partial charge in [-0.15, -0.1) is 0 Å². The summed E-state index contributed by atoms with van der Waals surface area (Å²) in [6, 6.07) is 13.6. The lowest BCUT2D eigenvalue weighted by molar-refractivity contribution is 0.0472. The number of benzene rings is 2. The average molecular weight is 282 g/mol. The fraction of sp³-hybridized carbons (Fsp3) is 0.125. The molecule has 21 heavy (non-hydrogen) atoms. The Morgan fingerprint density at radius 3 is 2.81 bits per heavy atom. The van der Waals surface area contributed by atoms with Crippen LogP contribution in [0.1, 0.15) is 21.5 Å². The number of ether oxygens (including phenoxy) is 2. The molecule has 5 heteroatoms. The first-order valence-corrected chi connectivity index (χ1v) is 6.23. The van der Waals surface area contributed by atoms with Crippen LogP contribution in [0, 0.1) is 11.3 Å². The zero-order valence-corrected chi connectivity index (χ0v) is 11.5. The lowest BCUT2D eigenvalue weighted by atomic mass is 10.1. The van der Waals surface area contributed by atoms with Gasteiger partial charge in [0.15, 0.2) is 0 Å². The van der Waals surface area contributed by atoms with Crippen molar-refractivity contribution in [2.45, 2.75) is 6.61 Å². The van der Waals surface area contributed by atoms with Crippen molar-refractivity contribution in [1.29, 1.82) is 5.26 Å². The Hall–Kier alpha value is -3.00. The van der Waals surface area contributed by atoms with Crippen LogP contribution in [-0.4, -0.2) is 13.1 Å². The van der Waals surface area contributed by atoms with Crippen LogP contribution in [0.15, 0.2) is 42.5 Å². The molecule has 0 unspecified atom stereocenters. The van der Waals surface area contributed by atoms with E-state index in [0.29, 0.717) is 22.6 Å². The summed E-state index contributed by atoms with van der Waals surface area (Å²) >= 11 is 0. The molecule has 0 aliphatic heterocycles. The second-order valence-corrected chi connectivity index (χ2v) is 4.38. The van der Waals surface area contributed by atoms with Gasteiger partial charge in [-0.05, 0) is 29.8 Å². The standard InChI is InChI=1S/C16H14N2O3/c1-20-15-7-13(6-14(18)8-15)16(19)21-10-12-4-2-3-11(5-12)9-17/h2-8H,10,18H2,1H3. The maximum atomic E-state index is 12.0. The molecule has 0 saturated carbocycles. The van der Waals surface area contributed by atoms with Gasteiger partial charge in [0.05, 0.1) is 24.3 Å². The van der Waals surface area contributed by atoms with Crippen LogP contribution in [0.25, 0.3) is 0 Å². The summed E-state index contributed by atoms with van der Waals surface area (Å²) in [4.78, 5) is 12.0. The number of carbonyl (C=O) groups is 1. The summed E-state index contributed by atoms with van der Waals surface area (Å²) in [6.07, 6.45) is 0. The molecule has 0 aromatic heterocycles. The number of nitrogen functional groups attached to an aromatic ring is 1. The van der Waals surface area contributed by atoms with Gasteiger partial charge < -0.3 is 15.2 Å². The maximum absolute atomic E-state index is 12.0. The van der Waals surface area contributed by atoms with Crippen molar-refractivity contribution in [3.05, 3.63) is 59.2 Å². The first-order valence-electron chi connectivity index (χ1n) is 6.23. The number of rotatable bonds is 4. The molecule has 5 nitrogen and oxygen atoms in total. The number of carbonyl (C=O) groups excluding carboxylic acids is 1. The van der Waals surface area contributed by atoms with Gasteiger partial charge in [0.25, 0.3) is 0 Å². The first-order chi connectivity index (χ1) is 10.1. The number of nitriles is 1. The van der Waals surface area contributed by atoms with Crippen molar-refractivity contribution >= 4 is 11.7 Å². The van der Waals surface area contributed by atoms with E-state index in [1.807, 2.05) is 6.07 Å². The fourth-order valence-corrected chi connectivity index (χ4v) is 1.82. The summed E-state index contributed by atoms with van der Waals surface area (Å²) in [7, 11) is 1.50. The Labute approximate surface area is 122 Å². The van der Waals surface area contributed by atoms with Crippen molar-refractivity contribution < 1.29 is 14.3 Å². The van der Waals surface area contributed by atoms with Crippen LogP contribution in [-0.2, 0) is 11.3 Å². The largest absolute Gasteiger partial charge is 0.497 e. The van der Waals surface area contributed by atoms with Gasteiger partial charge in [0.1, 0.15) is 12.4 Å². The molecule has 0 bridgehead atoms. The van der Waals surface area contributed by atoms with E-state index in [0.717, 1.165) is 5.56 Å². The lowest BCUT2D eigenvalue weighted by Crippen LogP contribution is -2.06. The lowest BCUT2D eigenvalue weighted by Gasteiger charge is -2.08. The van der Waals surface area contributed by atoms with Crippen molar-refractivity contribution in [2.75, 3.05) is 12.8 Å². The third-order valence-corrected chi connectivity index (χ3v) is 2.83. The van der Waals surface area contributed by atoms with Gasteiger partial charge in [-0.3, -0.25) is 0 Å². The van der Waals surface area contributed by atoms with E-state index in [-0.39, 0.29) is 6.61 Å². The van der Waals surface area contributed by atoms with E-state index in [9.17, 15) is 4.79 Å². The predicted molar refractivity (Wildman–Crippen MR) is 77.7 cm³/mol. The highest BCUT2D eigenvalue weighted by molar-refractivity contribution is 5.91. The minimum absolute atomic E-state index is 0.0888. The molecule has 0 amide bonds. The number of nitrogens with zero attached hydrogens (tertiary/aromatic N) is 1. The molecular formula is C16H14N2O3. The highest BCUT2D eigenvalue weighted by atomic mass is 16.5. The van der Waals surface area contributed by atoms with Gasteiger partial charge in [-0.25, -0.2) is 4.79 Å². The second-order valence-electron chi connectivity index (χ2n) is 4.38. The van der Waals surface area contributed by atoms with E-state index in [2.05, 4.69) is 0 Å². The van der Waals surface area contributed by atoms with Crippen LogP contribution in [0.4, 0.5) is 5.69 Å². The van der Waals surface area contributed by atoms with Crippen LogP contribution >= 0.6 is 0 Å². The number of methoxy groups -OCH3 is 1. The summed E-state index contributed by atoms with van der Waals surface area (Å²) in [5.74, 6) is -0.00334. The molecule has 0 spiro atoms. The molecule has 0 aliphatic rings. The maximum Gasteiger partial charge on any atom is 0.338 e. The summed E-state index contributed by atoms with van der Waals surface area (Å²) < 4.78 is 10.3. The first kappa shape index (κ1) is 14.4. The second kappa shape index (κ2) is 6.44. The number of hydrogen-bond donors (Lipinski definition) is 1. The number of esters is 1. The van der Waals surface area contributed by atoms with Crippen LogP contribution in [0.5, 0.6) is 5.75 Å². The zero-order valence-electron chi connectivity index (χ0n) is 11.5. The number of anilines is 1. The number of hydrogen-bond acceptors (Lipinski definition) is 5. The third-order valence-electron chi connectivity index (χ3n) is 2.83. The van der Waals surface area contributed by atoms with Gasteiger partial charge in [-0.2, -0.15) is 5.26 Å². The quantitative estimate of drug-likeness (QED) is 0.688. The van der Waals surface area contributed by atoms with Gasteiger partial charge >= 0.3 is 5.97 Å². The highest BCUT2D eigenvalue weighted by Crippen LogP contribution is 2.19. The smallest absolute Gasteiger partial charge is 0.338 e. The van der Waals surface area contributed by atoms with Crippen LogP contribution in [0.3, 0.4) is 0 Å². The zero-order chi connectivity index (χ0) is 15.2. The highest BCUT2D eigenvalue weighted by Gasteiger charge is 2.10. The SMILES string of the molecule is COc1cc(N)cc(C(=O)OCc2cccc(C#N)c2)c1. The van der Waals surface area contributed by atoms with Crippen molar-refractivity contribution in [2.24, 2.45) is 0 Å². The molecular weight excluding hydrogens is 268 g/mol. The molecule has 2 rings (SSSR count). The van der Waals surface area contributed by atoms with E-state index < -0.39 is 5.97 Å². The van der Waals surface area contributed by atoms with Crippen molar-refractivity contribution in [3.63, 3.8) is 0 Å². The minimum atomic E-state index is -0.497. The van der Waals surface area contributed by atoms with E-state index >= 15 is 0 Å². The third kappa shape index (κ3) is 3.74. The van der Waals surface area contributed by atoms with Gasteiger partial charge in [-0.1, -0.05) is 12.1 Å². The molecule has 0 aliphatic carbocycles. The van der Waals surface area contributed by atoms with Gasteiger partial charge in [0.2, 0.25) is 0 Å². The molecule has 2 aromatic carbocycles. The molecule has 2 aromatic rings. The van der Waals surface area contributed by atoms with E-state index in [1.54, 1.807) is 36.4 Å². The molecule has 0 fully saturated rings. The summed E-state index contributed by atoms with van der Waals surface area (Å²) in [5.41, 5.74) is 7.71. The monoisotopic (exact) mass is 282 g/mol. The Morgan fingerprint density at radius 1 is 1.29 bits per heavy atom. The topological polar surface area (TPSA) is 85.3 Å². The van der Waals surface area contributed by atoms with E-state index in [1.165, 1.54) is 13.2 Å².